The number of rotatable bonds is 6. The zero-order valence-electron chi connectivity index (χ0n) is 17.2. The summed E-state index contributed by atoms with van der Waals surface area (Å²) in [5.41, 5.74) is 4.14. The van der Waals surface area contributed by atoms with Crippen molar-refractivity contribution in [2.75, 3.05) is 32.7 Å². The van der Waals surface area contributed by atoms with Gasteiger partial charge in [0.15, 0.2) is 0 Å². The molecule has 5 rings (SSSR count). The number of carbonyl (C=O) groups is 1. The maximum atomic E-state index is 12.2. The van der Waals surface area contributed by atoms with Crippen molar-refractivity contribution >= 4 is 22.7 Å². The largest absolute Gasteiger partial charge is 0.496 e. The van der Waals surface area contributed by atoms with Crippen LogP contribution in [0, 0.1) is 5.92 Å². The van der Waals surface area contributed by atoms with Crippen molar-refractivity contribution in [2.24, 2.45) is 5.92 Å². The number of hydrogen-bond acceptors (Lipinski definition) is 6. The molecule has 0 radical (unpaired) electrons. The standard InChI is InChI=1S/C23H25N3O4/c1-28-19-7-6-15(10-17(19)23(27)29-2)22-25-18-11-16(24-13-14-4-5-14)12-20-21(18)26(22)8-3-9-30-20/h6-7,10-12,14,24H,3-5,8-9,13H2,1-2H3. The average Bonchev–Trinajstić information content (AvgIpc) is 3.56. The number of benzene rings is 2. The van der Waals surface area contributed by atoms with Crippen molar-refractivity contribution in [1.29, 1.82) is 0 Å². The summed E-state index contributed by atoms with van der Waals surface area (Å²) in [6.07, 6.45) is 3.49. The quantitative estimate of drug-likeness (QED) is 0.620. The van der Waals surface area contributed by atoms with Crippen LogP contribution in [-0.2, 0) is 11.3 Å². The molecule has 0 saturated heterocycles. The molecule has 1 fully saturated rings. The van der Waals surface area contributed by atoms with E-state index in [1.54, 1.807) is 19.2 Å². The summed E-state index contributed by atoms with van der Waals surface area (Å²) in [6, 6.07) is 9.65. The second-order valence-corrected chi connectivity index (χ2v) is 7.86. The molecule has 0 atom stereocenters. The van der Waals surface area contributed by atoms with E-state index in [-0.39, 0.29) is 0 Å². The molecule has 1 aromatic heterocycles. The van der Waals surface area contributed by atoms with Gasteiger partial charge in [0.05, 0.1) is 26.3 Å². The minimum atomic E-state index is -0.434. The van der Waals surface area contributed by atoms with Crippen LogP contribution in [0.15, 0.2) is 30.3 Å². The van der Waals surface area contributed by atoms with Gasteiger partial charge in [0.1, 0.15) is 28.4 Å². The van der Waals surface area contributed by atoms with E-state index in [2.05, 4.69) is 22.0 Å². The second-order valence-electron chi connectivity index (χ2n) is 7.86. The number of methoxy groups -OCH3 is 2. The zero-order valence-corrected chi connectivity index (χ0v) is 17.2. The van der Waals surface area contributed by atoms with Crippen molar-refractivity contribution in [3.63, 3.8) is 0 Å². The first kappa shape index (κ1) is 18.8. The number of aromatic nitrogens is 2. The lowest BCUT2D eigenvalue weighted by Crippen LogP contribution is -2.06. The number of ether oxygens (including phenoxy) is 3. The predicted octanol–water partition coefficient (Wildman–Crippen LogP) is 4.10. The molecule has 1 aliphatic carbocycles. The molecule has 2 heterocycles. The Morgan fingerprint density at radius 3 is 2.90 bits per heavy atom. The van der Waals surface area contributed by atoms with E-state index in [4.69, 9.17) is 19.2 Å². The summed E-state index contributed by atoms with van der Waals surface area (Å²) < 4.78 is 18.5. The molecule has 156 valence electrons. The van der Waals surface area contributed by atoms with Crippen molar-refractivity contribution in [3.05, 3.63) is 35.9 Å². The highest BCUT2D eigenvalue weighted by atomic mass is 16.5. The number of nitrogens with one attached hydrogen (secondary N) is 1. The van der Waals surface area contributed by atoms with E-state index in [1.165, 1.54) is 20.0 Å². The fraction of sp³-hybridized carbons (Fsp3) is 0.391. The number of nitrogens with zero attached hydrogens (tertiary/aromatic N) is 2. The number of aryl methyl sites for hydroxylation is 1. The molecule has 1 aliphatic heterocycles. The predicted molar refractivity (Wildman–Crippen MR) is 114 cm³/mol. The maximum Gasteiger partial charge on any atom is 0.341 e. The fourth-order valence-electron chi connectivity index (χ4n) is 3.99. The molecule has 7 nitrogen and oxygen atoms in total. The van der Waals surface area contributed by atoms with Crippen LogP contribution in [0.1, 0.15) is 29.6 Å². The first-order valence-electron chi connectivity index (χ1n) is 10.4. The van der Waals surface area contributed by atoms with Gasteiger partial charge in [-0.1, -0.05) is 0 Å². The molecule has 1 N–H and O–H groups in total. The van der Waals surface area contributed by atoms with Gasteiger partial charge in [-0.3, -0.25) is 0 Å². The van der Waals surface area contributed by atoms with E-state index in [9.17, 15) is 4.79 Å². The summed E-state index contributed by atoms with van der Waals surface area (Å²) in [6.45, 7) is 2.45. The summed E-state index contributed by atoms with van der Waals surface area (Å²) in [5, 5.41) is 3.53. The third-order valence-electron chi connectivity index (χ3n) is 5.75. The Morgan fingerprint density at radius 2 is 2.13 bits per heavy atom. The Balaban J connectivity index is 1.62. The lowest BCUT2D eigenvalue weighted by atomic mass is 10.1. The van der Waals surface area contributed by atoms with Crippen LogP contribution in [0.2, 0.25) is 0 Å². The SMILES string of the molecule is COC(=O)c1cc(-c2nc3cc(NCC4CC4)cc4c3n2CCCO4)ccc1OC. The van der Waals surface area contributed by atoms with Crippen LogP contribution in [0.25, 0.3) is 22.4 Å². The Kier molecular flexibility index (Phi) is 4.73. The topological polar surface area (TPSA) is 74.6 Å². The third-order valence-corrected chi connectivity index (χ3v) is 5.75. The minimum absolute atomic E-state index is 0.384. The number of hydrogen-bond donors (Lipinski definition) is 1. The molecule has 0 unspecified atom stereocenters. The van der Waals surface area contributed by atoms with Gasteiger partial charge >= 0.3 is 5.97 Å². The number of carbonyl (C=O) groups excluding carboxylic acids is 1. The zero-order chi connectivity index (χ0) is 20.7. The second kappa shape index (κ2) is 7.55. The highest BCUT2D eigenvalue weighted by Gasteiger charge is 2.24. The van der Waals surface area contributed by atoms with Crippen molar-refractivity contribution in [3.8, 4) is 22.9 Å². The molecular formula is C23H25N3O4. The molecule has 0 bridgehead atoms. The monoisotopic (exact) mass is 407 g/mol. The van der Waals surface area contributed by atoms with Crippen molar-refractivity contribution < 1.29 is 19.0 Å². The number of anilines is 1. The molecule has 1 saturated carbocycles. The fourth-order valence-corrected chi connectivity index (χ4v) is 3.99. The van der Waals surface area contributed by atoms with Crippen LogP contribution in [-0.4, -0.2) is 42.9 Å². The van der Waals surface area contributed by atoms with Gasteiger partial charge < -0.3 is 24.1 Å². The lowest BCUT2D eigenvalue weighted by molar-refractivity contribution is 0.0597. The first-order chi connectivity index (χ1) is 14.7. The van der Waals surface area contributed by atoms with Gasteiger partial charge in [-0.2, -0.15) is 0 Å². The summed E-state index contributed by atoms with van der Waals surface area (Å²) in [7, 11) is 2.91. The van der Waals surface area contributed by atoms with E-state index in [0.717, 1.165) is 59.3 Å². The number of esters is 1. The van der Waals surface area contributed by atoms with E-state index >= 15 is 0 Å². The average molecular weight is 407 g/mol. The Hall–Kier alpha value is -3.22. The van der Waals surface area contributed by atoms with Crippen LogP contribution in [0.4, 0.5) is 5.69 Å². The molecule has 7 heteroatoms. The summed E-state index contributed by atoms with van der Waals surface area (Å²) in [4.78, 5) is 17.2. The van der Waals surface area contributed by atoms with Gasteiger partial charge in [0, 0.05) is 30.4 Å². The van der Waals surface area contributed by atoms with Crippen LogP contribution in [0.5, 0.6) is 11.5 Å². The maximum absolute atomic E-state index is 12.2. The van der Waals surface area contributed by atoms with Gasteiger partial charge in [-0.15, -0.1) is 0 Å². The smallest absolute Gasteiger partial charge is 0.341 e. The molecular weight excluding hydrogens is 382 g/mol. The lowest BCUT2D eigenvalue weighted by Gasteiger charge is -2.11. The highest BCUT2D eigenvalue weighted by Crippen LogP contribution is 2.37. The van der Waals surface area contributed by atoms with Gasteiger partial charge in [-0.25, -0.2) is 9.78 Å². The molecule has 0 amide bonds. The van der Waals surface area contributed by atoms with E-state index in [1.807, 2.05) is 6.07 Å². The third kappa shape index (κ3) is 3.34. The van der Waals surface area contributed by atoms with Gasteiger partial charge in [0.2, 0.25) is 0 Å². The molecule has 2 aromatic carbocycles. The molecule has 3 aromatic rings. The Labute approximate surface area is 174 Å². The van der Waals surface area contributed by atoms with Crippen LogP contribution >= 0.6 is 0 Å². The van der Waals surface area contributed by atoms with Gasteiger partial charge in [0.25, 0.3) is 0 Å². The van der Waals surface area contributed by atoms with Gasteiger partial charge in [-0.05, 0) is 49.4 Å². The Bertz CT molecular complexity index is 1120. The minimum Gasteiger partial charge on any atom is -0.496 e. The first-order valence-corrected chi connectivity index (χ1v) is 10.4. The molecule has 2 aliphatic rings. The van der Waals surface area contributed by atoms with E-state index < -0.39 is 5.97 Å². The summed E-state index contributed by atoms with van der Waals surface area (Å²) in [5.74, 6) is 2.49. The van der Waals surface area contributed by atoms with Crippen LogP contribution < -0.4 is 14.8 Å². The van der Waals surface area contributed by atoms with E-state index in [0.29, 0.717) is 17.9 Å². The summed E-state index contributed by atoms with van der Waals surface area (Å²) >= 11 is 0. The highest BCUT2D eigenvalue weighted by molar-refractivity contribution is 5.95. The number of imidazole rings is 1. The molecule has 0 spiro atoms. The van der Waals surface area contributed by atoms with Crippen LogP contribution in [0.3, 0.4) is 0 Å². The van der Waals surface area contributed by atoms with Crippen molar-refractivity contribution in [2.45, 2.75) is 25.8 Å². The van der Waals surface area contributed by atoms with Crippen molar-refractivity contribution in [1.82, 2.24) is 9.55 Å². The molecule has 30 heavy (non-hydrogen) atoms. The normalized spacial score (nSPS) is 15.4. The Morgan fingerprint density at radius 1 is 1.27 bits per heavy atom.